The molecule has 0 unspecified atom stereocenters. The van der Waals surface area contributed by atoms with Crippen LogP contribution < -0.4 is 10.9 Å². The average Bonchev–Trinajstić information content (AvgIpc) is 2.53. The molecule has 0 saturated carbocycles. The lowest BCUT2D eigenvalue weighted by molar-refractivity contribution is -0.120. The van der Waals surface area contributed by atoms with E-state index in [0.717, 1.165) is 22.1 Å². The first-order valence-electron chi connectivity index (χ1n) is 7.46. The summed E-state index contributed by atoms with van der Waals surface area (Å²) in [6, 6.07) is 16.7. The van der Waals surface area contributed by atoms with E-state index in [4.69, 9.17) is 4.42 Å². The SMILES string of the molecule is Cc1ccc2c(CNC(=O)Cc3ccccc3)cc(=O)oc2c1. The van der Waals surface area contributed by atoms with Crippen molar-refractivity contribution in [1.82, 2.24) is 5.32 Å². The van der Waals surface area contributed by atoms with E-state index in [0.29, 0.717) is 18.5 Å². The lowest BCUT2D eigenvalue weighted by atomic mass is 10.1. The Bertz CT molecular complexity index is 897. The van der Waals surface area contributed by atoms with Crippen molar-refractivity contribution in [2.75, 3.05) is 0 Å². The third-order valence-electron chi connectivity index (χ3n) is 3.67. The normalized spacial score (nSPS) is 10.7. The molecule has 3 rings (SSSR count). The molecule has 0 aliphatic rings. The lowest BCUT2D eigenvalue weighted by Crippen LogP contribution is -2.25. The maximum atomic E-state index is 12.0. The van der Waals surface area contributed by atoms with E-state index in [1.807, 2.05) is 55.5 Å². The fourth-order valence-electron chi connectivity index (χ4n) is 2.52. The van der Waals surface area contributed by atoms with Crippen LogP contribution in [-0.2, 0) is 17.8 Å². The molecule has 116 valence electrons. The summed E-state index contributed by atoms with van der Waals surface area (Å²) >= 11 is 0. The van der Waals surface area contributed by atoms with Gasteiger partial charge >= 0.3 is 5.63 Å². The molecule has 0 radical (unpaired) electrons. The molecule has 0 saturated heterocycles. The number of aryl methyl sites for hydroxylation is 1. The summed E-state index contributed by atoms with van der Waals surface area (Å²) in [5.74, 6) is -0.0790. The third-order valence-corrected chi connectivity index (χ3v) is 3.67. The van der Waals surface area contributed by atoms with E-state index in [-0.39, 0.29) is 5.91 Å². The van der Waals surface area contributed by atoms with E-state index < -0.39 is 5.63 Å². The molecule has 4 nitrogen and oxygen atoms in total. The third kappa shape index (κ3) is 3.66. The van der Waals surface area contributed by atoms with Crippen LogP contribution in [0.25, 0.3) is 11.0 Å². The average molecular weight is 307 g/mol. The number of nitrogens with one attached hydrogen (secondary N) is 1. The summed E-state index contributed by atoms with van der Waals surface area (Å²) in [6.07, 6.45) is 0.319. The first kappa shape index (κ1) is 15.0. The fraction of sp³-hybridized carbons (Fsp3) is 0.158. The number of rotatable bonds is 4. The predicted octanol–water partition coefficient (Wildman–Crippen LogP) is 2.96. The number of hydrogen-bond donors (Lipinski definition) is 1. The molecular formula is C19H17NO3. The zero-order valence-corrected chi connectivity index (χ0v) is 12.8. The van der Waals surface area contributed by atoms with Crippen molar-refractivity contribution < 1.29 is 9.21 Å². The molecule has 1 aromatic heterocycles. The van der Waals surface area contributed by atoms with Crippen molar-refractivity contribution in [3.8, 4) is 0 Å². The van der Waals surface area contributed by atoms with Crippen LogP contribution in [-0.4, -0.2) is 5.91 Å². The number of carbonyl (C=O) groups is 1. The van der Waals surface area contributed by atoms with Gasteiger partial charge in [-0.3, -0.25) is 4.79 Å². The number of benzene rings is 2. The second kappa shape index (κ2) is 6.48. The summed E-state index contributed by atoms with van der Waals surface area (Å²) < 4.78 is 5.22. The number of fused-ring (bicyclic) bond motifs is 1. The molecule has 0 aliphatic carbocycles. The van der Waals surface area contributed by atoms with Gasteiger partial charge in [-0.15, -0.1) is 0 Å². The monoisotopic (exact) mass is 307 g/mol. The second-order valence-electron chi connectivity index (χ2n) is 5.53. The van der Waals surface area contributed by atoms with Gasteiger partial charge in [-0.1, -0.05) is 42.5 Å². The number of amides is 1. The van der Waals surface area contributed by atoms with Crippen molar-refractivity contribution in [1.29, 1.82) is 0 Å². The Morgan fingerprint density at radius 1 is 1.09 bits per heavy atom. The Morgan fingerprint density at radius 3 is 2.65 bits per heavy atom. The minimum absolute atomic E-state index is 0.0790. The zero-order valence-electron chi connectivity index (χ0n) is 12.8. The Morgan fingerprint density at radius 2 is 1.87 bits per heavy atom. The Hall–Kier alpha value is -2.88. The van der Waals surface area contributed by atoms with Crippen LogP contribution in [0.15, 0.2) is 63.8 Å². The van der Waals surface area contributed by atoms with Crippen LogP contribution in [0.1, 0.15) is 16.7 Å². The molecular weight excluding hydrogens is 290 g/mol. The van der Waals surface area contributed by atoms with Gasteiger partial charge in [0, 0.05) is 18.0 Å². The van der Waals surface area contributed by atoms with Crippen molar-refractivity contribution in [2.45, 2.75) is 19.9 Å². The summed E-state index contributed by atoms with van der Waals surface area (Å²) in [4.78, 5) is 23.7. The second-order valence-corrected chi connectivity index (χ2v) is 5.53. The molecule has 1 amide bonds. The van der Waals surface area contributed by atoms with Gasteiger partial charge in [0.05, 0.1) is 6.42 Å². The molecule has 1 heterocycles. The fourth-order valence-corrected chi connectivity index (χ4v) is 2.52. The summed E-state index contributed by atoms with van der Waals surface area (Å²) in [5.41, 5.74) is 2.88. The van der Waals surface area contributed by atoms with Crippen LogP contribution in [0, 0.1) is 6.92 Å². The van der Waals surface area contributed by atoms with Gasteiger partial charge in [0.2, 0.25) is 5.91 Å². The van der Waals surface area contributed by atoms with Gasteiger partial charge in [0.15, 0.2) is 0 Å². The maximum absolute atomic E-state index is 12.0. The minimum Gasteiger partial charge on any atom is -0.423 e. The first-order valence-corrected chi connectivity index (χ1v) is 7.46. The van der Waals surface area contributed by atoms with E-state index in [9.17, 15) is 9.59 Å². The van der Waals surface area contributed by atoms with Crippen LogP contribution in [0.5, 0.6) is 0 Å². The van der Waals surface area contributed by atoms with E-state index in [1.54, 1.807) is 0 Å². The lowest BCUT2D eigenvalue weighted by Gasteiger charge is -2.08. The largest absolute Gasteiger partial charge is 0.423 e. The van der Waals surface area contributed by atoms with Crippen molar-refractivity contribution in [3.05, 3.63) is 81.7 Å². The van der Waals surface area contributed by atoms with Crippen LogP contribution in [0.3, 0.4) is 0 Å². The van der Waals surface area contributed by atoms with Crippen molar-refractivity contribution in [2.24, 2.45) is 0 Å². The molecule has 0 spiro atoms. The van der Waals surface area contributed by atoms with E-state index >= 15 is 0 Å². The number of hydrogen-bond acceptors (Lipinski definition) is 3. The van der Waals surface area contributed by atoms with Crippen LogP contribution in [0.2, 0.25) is 0 Å². The van der Waals surface area contributed by atoms with Gasteiger partial charge in [-0.25, -0.2) is 4.79 Å². The first-order chi connectivity index (χ1) is 11.1. The van der Waals surface area contributed by atoms with Gasteiger partial charge in [-0.2, -0.15) is 0 Å². The quantitative estimate of drug-likeness (QED) is 0.754. The smallest absolute Gasteiger partial charge is 0.336 e. The Kier molecular flexibility index (Phi) is 4.24. The predicted molar refractivity (Wildman–Crippen MR) is 89.2 cm³/mol. The highest BCUT2D eigenvalue weighted by atomic mass is 16.4. The summed E-state index contributed by atoms with van der Waals surface area (Å²) in [6.45, 7) is 2.24. The molecule has 2 aromatic carbocycles. The highest BCUT2D eigenvalue weighted by Gasteiger charge is 2.08. The van der Waals surface area contributed by atoms with Gasteiger partial charge in [0.25, 0.3) is 0 Å². The molecule has 0 atom stereocenters. The zero-order chi connectivity index (χ0) is 16.2. The Labute approximate surface area is 133 Å². The van der Waals surface area contributed by atoms with Gasteiger partial charge < -0.3 is 9.73 Å². The van der Waals surface area contributed by atoms with Crippen molar-refractivity contribution >= 4 is 16.9 Å². The molecule has 4 heteroatoms. The summed E-state index contributed by atoms with van der Waals surface area (Å²) in [5, 5.41) is 3.70. The minimum atomic E-state index is -0.407. The van der Waals surface area contributed by atoms with Gasteiger partial charge in [-0.05, 0) is 29.7 Å². The Balaban J connectivity index is 1.76. The molecule has 3 aromatic rings. The molecule has 23 heavy (non-hydrogen) atoms. The summed E-state index contributed by atoms with van der Waals surface area (Å²) in [7, 11) is 0. The molecule has 0 bridgehead atoms. The van der Waals surface area contributed by atoms with Gasteiger partial charge in [0.1, 0.15) is 5.58 Å². The standard InChI is InChI=1S/C19H17NO3/c1-13-7-8-16-15(11-19(22)23-17(16)9-13)12-20-18(21)10-14-5-3-2-4-6-14/h2-9,11H,10,12H2,1H3,(H,20,21). The number of carbonyl (C=O) groups excluding carboxylic acids is 1. The van der Waals surface area contributed by atoms with E-state index in [1.165, 1.54) is 6.07 Å². The molecule has 1 N–H and O–H groups in total. The maximum Gasteiger partial charge on any atom is 0.336 e. The molecule has 0 fully saturated rings. The topological polar surface area (TPSA) is 59.3 Å². The van der Waals surface area contributed by atoms with Crippen LogP contribution >= 0.6 is 0 Å². The van der Waals surface area contributed by atoms with Crippen molar-refractivity contribution in [3.63, 3.8) is 0 Å². The highest BCUT2D eigenvalue weighted by Crippen LogP contribution is 2.18. The van der Waals surface area contributed by atoms with Crippen LogP contribution in [0.4, 0.5) is 0 Å². The molecule has 0 aliphatic heterocycles. The van der Waals surface area contributed by atoms with E-state index in [2.05, 4.69) is 5.32 Å². The highest BCUT2D eigenvalue weighted by molar-refractivity contribution is 5.82.